The molecule has 0 aliphatic carbocycles. The van der Waals surface area contributed by atoms with Crippen molar-refractivity contribution in [2.75, 3.05) is 13.2 Å². The Bertz CT molecular complexity index is 1230. The van der Waals surface area contributed by atoms with Crippen LogP contribution in [0.15, 0.2) is 48.5 Å². The average molecular weight is 555 g/mol. The van der Waals surface area contributed by atoms with Crippen molar-refractivity contribution in [1.82, 2.24) is 20.2 Å². The summed E-state index contributed by atoms with van der Waals surface area (Å²) < 4.78 is 18.7. The lowest BCUT2D eigenvalue weighted by Crippen LogP contribution is -2.33. The number of carbonyl (C=O) groups is 2. The normalized spacial score (nSPS) is 11.8. The zero-order valence-corrected chi connectivity index (χ0v) is 25.0. The summed E-state index contributed by atoms with van der Waals surface area (Å²) in [4.78, 5) is 29.1. The minimum Gasteiger partial charge on any atom is -0.445 e. The fourth-order valence-electron chi connectivity index (χ4n) is 3.74. The van der Waals surface area contributed by atoms with Gasteiger partial charge >= 0.3 is 12.2 Å². The third-order valence-corrected chi connectivity index (χ3v) is 7.50. The molecule has 3 aromatic rings. The molecule has 2 amide bonds. The average Bonchev–Trinajstić information content (AvgIpc) is 3.19. The fraction of sp³-hybridized carbons (Fsp3) is 0.483. The predicted octanol–water partition coefficient (Wildman–Crippen LogP) is 5.84. The van der Waals surface area contributed by atoms with Crippen LogP contribution in [0.25, 0.3) is 11.0 Å². The number of aromatic nitrogens is 2. The summed E-state index contributed by atoms with van der Waals surface area (Å²) in [5.41, 5.74) is 3.14. The zero-order valence-electron chi connectivity index (χ0n) is 24.0. The fourth-order valence-corrected chi connectivity index (χ4v) is 4.49. The van der Waals surface area contributed by atoms with Gasteiger partial charge in [-0.15, -0.1) is 0 Å². The summed E-state index contributed by atoms with van der Waals surface area (Å²) in [5.74, 6) is 0.679. The van der Waals surface area contributed by atoms with Crippen molar-refractivity contribution in [3.8, 4) is 0 Å². The molecule has 2 N–H and O–H groups in total. The van der Waals surface area contributed by atoms with Gasteiger partial charge < -0.3 is 29.4 Å². The minimum atomic E-state index is -1.23. The largest absolute Gasteiger partial charge is 0.445 e. The maximum absolute atomic E-state index is 12.4. The number of alkyl carbamates (subject to hydrolysis) is 2. The summed E-state index contributed by atoms with van der Waals surface area (Å²) in [6.45, 7) is 14.3. The first-order valence-electron chi connectivity index (χ1n) is 13.4. The zero-order chi connectivity index (χ0) is 28.5. The van der Waals surface area contributed by atoms with Gasteiger partial charge in [-0.3, -0.25) is 0 Å². The molecule has 0 aliphatic heterocycles. The highest BCUT2D eigenvalue weighted by molar-refractivity contribution is 6.76. The van der Waals surface area contributed by atoms with E-state index in [-0.39, 0.29) is 13.2 Å². The first-order chi connectivity index (χ1) is 18.4. The number of benzene rings is 2. The Labute approximate surface area is 232 Å². The Balaban J connectivity index is 1.67. The highest BCUT2D eigenvalue weighted by Gasteiger charge is 2.17. The van der Waals surface area contributed by atoms with Gasteiger partial charge in [0.25, 0.3) is 0 Å². The molecule has 10 heteroatoms. The Morgan fingerprint density at radius 1 is 0.974 bits per heavy atom. The SMILES string of the molecule is CC(C)(C)OC(=O)NCCc1ccc2nc(CNC(=O)OCc3ccccc3)n(COCC[Si](C)(C)C)c2c1. The molecule has 2 aromatic carbocycles. The van der Waals surface area contributed by atoms with Crippen LogP contribution in [0.3, 0.4) is 0 Å². The van der Waals surface area contributed by atoms with E-state index in [0.29, 0.717) is 32.1 Å². The first-order valence-corrected chi connectivity index (χ1v) is 17.1. The van der Waals surface area contributed by atoms with Gasteiger partial charge in [-0.25, -0.2) is 14.6 Å². The van der Waals surface area contributed by atoms with Crippen molar-refractivity contribution >= 4 is 31.3 Å². The second-order valence-electron chi connectivity index (χ2n) is 11.7. The highest BCUT2D eigenvalue weighted by Crippen LogP contribution is 2.20. The molecule has 0 saturated heterocycles. The van der Waals surface area contributed by atoms with E-state index in [0.717, 1.165) is 28.2 Å². The standard InChI is InChI=1S/C29H42N4O5Si/c1-29(2,3)38-28(35)30-15-14-22-12-13-24-25(18-22)33(21-36-16-17-39(4,5)6)26(32-24)19-31-27(34)37-20-23-10-8-7-9-11-23/h7-13,18H,14-17,19-21H2,1-6H3,(H,30,35)(H,31,34). The second-order valence-corrected chi connectivity index (χ2v) is 17.3. The van der Waals surface area contributed by atoms with Gasteiger partial charge in [-0.05, 0) is 56.5 Å². The van der Waals surface area contributed by atoms with E-state index in [1.54, 1.807) is 0 Å². The molecule has 0 saturated carbocycles. The van der Waals surface area contributed by atoms with Crippen LogP contribution in [0.4, 0.5) is 9.59 Å². The molecule has 1 aromatic heterocycles. The molecular weight excluding hydrogens is 512 g/mol. The van der Waals surface area contributed by atoms with Gasteiger partial charge in [0.1, 0.15) is 24.8 Å². The lowest BCUT2D eigenvalue weighted by atomic mass is 10.1. The summed E-state index contributed by atoms with van der Waals surface area (Å²) >= 11 is 0. The molecule has 0 radical (unpaired) electrons. The molecule has 3 rings (SSSR count). The van der Waals surface area contributed by atoms with Gasteiger partial charge in [0, 0.05) is 21.2 Å². The number of hydrogen-bond acceptors (Lipinski definition) is 6. The lowest BCUT2D eigenvalue weighted by Gasteiger charge is -2.19. The van der Waals surface area contributed by atoms with E-state index in [1.807, 2.05) is 67.8 Å². The highest BCUT2D eigenvalue weighted by atomic mass is 28.3. The molecule has 0 aliphatic rings. The molecule has 0 bridgehead atoms. The maximum atomic E-state index is 12.4. The van der Waals surface area contributed by atoms with Crippen LogP contribution >= 0.6 is 0 Å². The molecule has 212 valence electrons. The van der Waals surface area contributed by atoms with Crippen molar-refractivity contribution in [2.24, 2.45) is 0 Å². The molecule has 0 fully saturated rings. The number of fused-ring (bicyclic) bond motifs is 1. The Kier molecular flexibility index (Phi) is 10.5. The van der Waals surface area contributed by atoms with Gasteiger partial charge in [0.05, 0.1) is 17.6 Å². The Morgan fingerprint density at radius 2 is 1.72 bits per heavy atom. The second kappa shape index (κ2) is 13.6. The van der Waals surface area contributed by atoms with E-state index in [4.69, 9.17) is 19.2 Å². The van der Waals surface area contributed by atoms with Crippen molar-refractivity contribution in [1.29, 1.82) is 0 Å². The third-order valence-electron chi connectivity index (χ3n) is 5.79. The van der Waals surface area contributed by atoms with Crippen molar-refractivity contribution in [3.63, 3.8) is 0 Å². The van der Waals surface area contributed by atoms with E-state index < -0.39 is 25.9 Å². The smallest absolute Gasteiger partial charge is 0.407 e. The van der Waals surface area contributed by atoms with Crippen molar-refractivity contribution in [3.05, 3.63) is 65.5 Å². The van der Waals surface area contributed by atoms with Crippen LogP contribution in [0, 0.1) is 0 Å². The van der Waals surface area contributed by atoms with Gasteiger partial charge in [0.2, 0.25) is 0 Å². The van der Waals surface area contributed by atoms with Gasteiger partial charge in [-0.1, -0.05) is 56.0 Å². The van der Waals surface area contributed by atoms with Crippen LogP contribution < -0.4 is 10.6 Å². The summed E-state index contributed by atoms with van der Waals surface area (Å²) in [6.07, 6.45) is -0.307. The molecule has 39 heavy (non-hydrogen) atoms. The van der Waals surface area contributed by atoms with Gasteiger partial charge in [0.15, 0.2) is 0 Å². The van der Waals surface area contributed by atoms with Crippen LogP contribution in [-0.4, -0.2) is 48.6 Å². The third kappa shape index (κ3) is 10.7. The monoisotopic (exact) mass is 554 g/mol. The molecule has 9 nitrogen and oxygen atoms in total. The number of hydrogen-bond donors (Lipinski definition) is 2. The molecule has 1 heterocycles. The van der Waals surface area contributed by atoms with Crippen LogP contribution in [0.2, 0.25) is 25.7 Å². The van der Waals surface area contributed by atoms with Crippen LogP contribution in [-0.2, 0) is 40.5 Å². The summed E-state index contributed by atoms with van der Waals surface area (Å²) in [6, 6.07) is 16.6. The number of rotatable bonds is 12. The van der Waals surface area contributed by atoms with Crippen molar-refractivity contribution < 1.29 is 23.8 Å². The number of imidazole rings is 1. The van der Waals surface area contributed by atoms with Crippen LogP contribution in [0.1, 0.15) is 37.7 Å². The van der Waals surface area contributed by atoms with Crippen LogP contribution in [0.5, 0.6) is 0 Å². The number of amides is 2. The number of nitrogens with one attached hydrogen (secondary N) is 2. The van der Waals surface area contributed by atoms with Crippen molar-refractivity contribution in [2.45, 2.75) is 78.4 Å². The molecular formula is C29H42N4O5Si. The molecule has 0 atom stereocenters. The van der Waals surface area contributed by atoms with E-state index in [2.05, 4.69) is 36.3 Å². The first kappa shape index (κ1) is 30.2. The molecule has 0 unspecified atom stereocenters. The number of ether oxygens (including phenoxy) is 3. The quantitative estimate of drug-likeness (QED) is 0.215. The lowest BCUT2D eigenvalue weighted by molar-refractivity contribution is 0.0528. The summed E-state index contributed by atoms with van der Waals surface area (Å²) in [7, 11) is -1.23. The topological polar surface area (TPSA) is 104 Å². The maximum Gasteiger partial charge on any atom is 0.407 e. The Hall–Kier alpha value is -3.37. The predicted molar refractivity (Wildman–Crippen MR) is 155 cm³/mol. The van der Waals surface area contributed by atoms with E-state index in [1.165, 1.54) is 0 Å². The molecule has 0 spiro atoms. The number of carbonyl (C=O) groups excluding carboxylic acids is 2. The minimum absolute atomic E-state index is 0.198. The summed E-state index contributed by atoms with van der Waals surface area (Å²) in [5, 5.41) is 5.61. The van der Waals surface area contributed by atoms with Gasteiger partial charge in [-0.2, -0.15) is 0 Å². The number of nitrogens with zero attached hydrogens (tertiary/aromatic N) is 2. The van der Waals surface area contributed by atoms with E-state index in [9.17, 15) is 9.59 Å². The Morgan fingerprint density at radius 3 is 2.41 bits per heavy atom. The van der Waals surface area contributed by atoms with E-state index >= 15 is 0 Å².